The minimum atomic E-state index is 0.117. The summed E-state index contributed by atoms with van der Waals surface area (Å²) < 4.78 is 16.8. The number of thioether (sulfide) groups is 1. The van der Waals surface area contributed by atoms with Gasteiger partial charge in [-0.2, -0.15) is 16.8 Å². The molecule has 0 fully saturated rings. The third kappa shape index (κ3) is 7.65. The molecule has 1 unspecified atom stereocenters. The van der Waals surface area contributed by atoms with Crippen molar-refractivity contribution in [3.05, 3.63) is 63.1 Å². The fraction of sp³-hybridized carbons (Fsp3) is 0.346. The van der Waals surface area contributed by atoms with Gasteiger partial charge >= 0.3 is 0 Å². The Morgan fingerprint density at radius 2 is 1.79 bits per heavy atom. The number of aliphatic imine (C=N–C) groups is 1. The molecule has 4 rings (SSSR count). The van der Waals surface area contributed by atoms with Crippen molar-refractivity contribution in [3.8, 4) is 17.2 Å². The quantitative estimate of drug-likeness (QED) is 0.109. The van der Waals surface area contributed by atoms with Crippen LogP contribution in [0.25, 0.3) is 0 Å². The van der Waals surface area contributed by atoms with E-state index < -0.39 is 0 Å². The van der Waals surface area contributed by atoms with Gasteiger partial charge in [-0.05, 0) is 61.4 Å². The van der Waals surface area contributed by atoms with Crippen LogP contribution in [0.15, 0.2) is 41.4 Å². The van der Waals surface area contributed by atoms with Crippen LogP contribution in [0, 0.1) is 20.8 Å². The highest BCUT2D eigenvalue weighted by atomic mass is 32.2. The summed E-state index contributed by atoms with van der Waals surface area (Å²) in [6.07, 6.45) is 2.10. The van der Waals surface area contributed by atoms with Crippen LogP contribution in [-0.2, 0) is 6.42 Å². The van der Waals surface area contributed by atoms with E-state index in [-0.39, 0.29) is 12.0 Å². The van der Waals surface area contributed by atoms with Crippen molar-refractivity contribution in [1.82, 2.24) is 20.4 Å². The maximum atomic E-state index is 5.80. The van der Waals surface area contributed by atoms with E-state index in [4.69, 9.17) is 14.2 Å². The van der Waals surface area contributed by atoms with E-state index in [1.807, 2.05) is 43.3 Å². The monoisotopic (exact) mass is 570 g/mol. The molecule has 0 aliphatic rings. The van der Waals surface area contributed by atoms with Crippen LogP contribution in [0.5, 0.6) is 17.2 Å². The number of nitrogens with one attached hydrogen (secondary N) is 1. The van der Waals surface area contributed by atoms with Crippen molar-refractivity contribution in [2.24, 2.45) is 4.99 Å². The number of methoxy groups -OCH3 is 1. The summed E-state index contributed by atoms with van der Waals surface area (Å²) in [6.45, 7) is 8.51. The molecule has 0 spiro atoms. The summed E-state index contributed by atoms with van der Waals surface area (Å²) in [7, 11) is 1.65. The zero-order valence-electron chi connectivity index (χ0n) is 21.9. The average Bonchev–Trinajstić information content (AvgIpc) is 3.56. The lowest BCUT2D eigenvalue weighted by Crippen LogP contribution is -2.08. The summed E-state index contributed by atoms with van der Waals surface area (Å²) in [4.78, 5) is 4.31. The molecule has 0 bridgehead atoms. The van der Waals surface area contributed by atoms with Crippen LogP contribution in [0.3, 0.4) is 0 Å². The zero-order valence-corrected chi connectivity index (χ0v) is 24.4. The van der Waals surface area contributed by atoms with Gasteiger partial charge in [0.25, 0.3) is 0 Å². The van der Waals surface area contributed by atoms with Gasteiger partial charge < -0.3 is 19.5 Å². The highest BCUT2D eigenvalue weighted by Crippen LogP contribution is 2.36. The lowest BCUT2D eigenvalue weighted by atomic mass is 10.1. The van der Waals surface area contributed by atoms with Gasteiger partial charge in [0.1, 0.15) is 27.3 Å². The predicted molar refractivity (Wildman–Crippen MR) is 156 cm³/mol. The maximum Gasteiger partial charge on any atom is 0.234 e. The van der Waals surface area contributed by atoms with Crippen molar-refractivity contribution in [3.63, 3.8) is 0 Å². The molecule has 2 heterocycles. The minimum Gasteiger partial charge on any atom is -0.496 e. The van der Waals surface area contributed by atoms with E-state index in [9.17, 15) is 0 Å². The molecule has 2 aromatic heterocycles. The van der Waals surface area contributed by atoms with Crippen LogP contribution in [0.4, 0.5) is 10.3 Å². The largest absolute Gasteiger partial charge is 0.496 e. The summed E-state index contributed by atoms with van der Waals surface area (Å²) in [5.41, 5.74) is 3.45. The van der Waals surface area contributed by atoms with Gasteiger partial charge in [-0.25, -0.2) is 0 Å². The number of rotatable bonds is 13. The molecule has 4 aromatic rings. The van der Waals surface area contributed by atoms with E-state index in [1.165, 1.54) is 40.2 Å². The molecule has 1 atom stereocenters. The third-order valence-electron chi connectivity index (χ3n) is 5.57. The highest BCUT2D eigenvalue weighted by molar-refractivity contribution is 7.99. The fourth-order valence-electron chi connectivity index (χ4n) is 3.38. The number of ether oxygens (including phenoxy) is 3. The molecule has 0 aliphatic heterocycles. The number of aryl methyl sites for hydroxylation is 3. The number of nitrogens with zero attached hydrogens (tertiary/aromatic N) is 5. The summed E-state index contributed by atoms with van der Waals surface area (Å²) in [5.74, 6) is 3.20. The SMILES string of the molecule is CCSC(Cc1nnc(/N=C\Oc2ccc(C)c(C)c2)s1)c1nnc(NCOc2ccc(C)c(OC)c2)s1. The second-order valence-electron chi connectivity index (χ2n) is 8.27. The van der Waals surface area contributed by atoms with E-state index in [0.29, 0.717) is 16.7 Å². The second-order valence-corrected chi connectivity index (χ2v) is 11.8. The minimum absolute atomic E-state index is 0.117. The molecule has 2 aromatic carbocycles. The Hall–Kier alpha value is -3.22. The van der Waals surface area contributed by atoms with Crippen molar-refractivity contribution >= 4 is 51.1 Å². The predicted octanol–water partition coefficient (Wildman–Crippen LogP) is 6.55. The molecule has 0 saturated carbocycles. The van der Waals surface area contributed by atoms with Crippen molar-refractivity contribution < 1.29 is 14.2 Å². The Bertz CT molecular complexity index is 1370. The van der Waals surface area contributed by atoms with Gasteiger partial charge in [0.05, 0.1) is 12.4 Å². The molecule has 1 N–H and O–H groups in total. The smallest absolute Gasteiger partial charge is 0.234 e. The Balaban J connectivity index is 1.31. The molecule has 0 aliphatic carbocycles. The summed E-state index contributed by atoms with van der Waals surface area (Å²) >= 11 is 4.76. The molecule has 12 heteroatoms. The van der Waals surface area contributed by atoms with Gasteiger partial charge in [0, 0.05) is 12.5 Å². The molecule has 0 amide bonds. The standard InChI is InChI=1S/C26H30N6O3S3/c1-6-36-22(13-23-29-31-25(37-23)27-14-34-19-9-7-16(2)18(4)11-19)24-30-32-26(38-24)28-15-35-20-10-8-17(3)21(12-20)33-5/h7-12,14,22H,6,13,15H2,1-5H3,(H,28,32)/b27-14-. The normalized spacial score (nSPS) is 12.0. The first-order valence-electron chi connectivity index (χ1n) is 12.0. The Labute approximate surface area is 234 Å². The van der Waals surface area contributed by atoms with Gasteiger partial charge in [0.2, 0.25) is 10.3 Å². The molecular weight excluding hydrogens is 541 g/mol. The van der Waals surface area contributed by atoms with E-state index in [0.717, 1.165) is 38.6 Å². The molecule has 0 radical (unpaired) electrons. The first-order chi connectivity index (χ1) is 18.4. The highest BCUT2D eigenvalue weighted by Gasteiger charge is 2.20. The topological polar surface area (TPSA) is 104 Å². The number of hydrogen-bond donors (Lipinski definition) is 1. The molecular formula is C26H30N6O3S3. The zero-order chi connectivity index (χ0) is 26.9. The van der Waals surface area contributed by atoms with E-state index in [1.54, 1.807) is 18.9 Å². The van der Waals surface area contributed by atoms with Gasteiger partial charge in [-0.15, -0.1) is 20.4 Å². The average molecular weight is 571 g/mol. The van der Waals surface area contributed by atoms with Gasteiger partial charge in [-0.3, -0.25) is 0 Å². The van der Waals surface area contributed by atoms with Crippen LogP contribution < -0.4 is 19.5 Å². The number of hydrogen-bond acceptors (Lipinski definition) is 12. The molecule has 0 saturated heterocycles. The van der Waals surface area contributed by atoms with E-state index in [2.05, 4.69) is 51.5 Å². The Morgan fingerprint density at radius 3 is 2.58 bits per heavy atom. The molecule has 9 nitrogen and oxygen atoms in total. The Morgan fingerprint density at radius 1 is 0.974 bits per heavy atom. The van der Waals surface area contributed by atoms with Gasteiger partial charge in [-0.1, -0.05) is 41.7 Å². The first kappa shape index (κ1) is 27.8. The Kier molecular flexibility index (Phi) is 9.91. The lowest BCUT2D eigenvalue weighted by molar-refractivity contribution is 0.341. The van der Waals surface area contributed by atoms with Crippen molar-refractivity contribution in [2.75, 3.05) is 24.9 Å². The van der Waals surface area contributed by atoms with Crippen LogP contribution in [0.2, 0.25) is 0 Å². The first-order valence-corrected chi connectivity index (χ1v) is 14.7. The number of aromatic nitrogens is 4. The van der Waals surface area contributed by atoms with Gasteiger partial charge in [0.15, 0.2) is 13.1 Å². The fourth-order valence-corrected chi connectivity index (χ4v) is 6.13. The summed E-state index contributed by atoms with van der Waals surface area (Å²) in [5, 5.41) is 23.6. The molecule has 200 valence electrons. The second kappa shape index (κ2) is 13.5. The summed E-state index contributed by atoms with van der Waals surface area (Å²) in [6, 6.07) is 11.7. The van der Waals surface area contributed by atoms with Crippen LogP contribution >= 0.6 is 34.4 Å². The maximum absolute atomic E-state index is 5.80. The lowest BCUT2D eigenvalue weighted by Gasteiger charge is -2.10. The van der Waals surface area contributed by atoms with Crippen molar-refractivity contribution in [2.45, 2.75) is 39.4 Å². The van der Waals surface area contributed by atoms with Crippen LogP contribution in [-0.4, -0.2) is 46.4 Å². The third-order valence-corrected chi connectivity index (χ3v) is 8.70. The van der Waals surface area contributed by atoms with Crippen molar-refractivity contribution in [1.29, 1.82) is 0 Å². The number of anilines is 1. The molecule has 38 heavy (non-hydrogen) atoms. The van der Waals surface area contributed by atoms with E-state index >= 15 is 0 Å². The number of benzene rings is 2. The van der Waals surface area contributed by atoms with Crippen LogP contribution in [0.1, 0.15) is 38.9 Å².